The van der Waals surface area contributed by atoms with Gasteiger partial charge in [0, 0.05) is 29.2 Å². The van der Waals surface area contributed by atoms with E-state index in [9.17, 15) is 4.79 Å². The van der Waals surface area contributed by atoms with Gasteiger partial charge in [-0.25, -0.2) is 14.8 Å². The minimum absolute atomic E-state index is 0.474. The van der Waals surface area contributed by atoms with E-state index >= 15 is 0 Å². The molecule has 4 rings (SSSR count). The van der Waals surface area contributed by atoms with Crippen molar-refractivity contribution in [2.24, 2.45) is 0 Å². The number of nitrogens with zero attached hydrogens (tertiary/aromatic N) is 3. The summed E-state index contributed by atoms with van der Waals surface area (Å²) < 4.78 is 10.6. The van der Waals surface area contributed by atoms with Gasteiger partial charge in [-0.1, -0.05) is 32.0 Å². The maximum atomic E-state index is 12.0. The lowest BCUT2D eigenvalue weighted by Gasteiger charge is -2.10. The number of pyridine rings is 1. The number of methoxy groups -OCH3 is 1. The number of aromatic nitrogens is 3. The Morgan fingerprint density at radius 3 is 2.22 bits per heavy atom. The predicted octanol–water partition coefficient (Wildman–Crippen LogP) is 5.85. The van der Waals surface area contributed by atoms with Crippen LogP contribution in [0.5, 0.6) is 11.5 Å². The molecule has 7 nitrogen and oxygen atoms in total. The Hall–Kier alpha value is -4.26. The second-order valence-electron chi connectivity index (χ2n) is 6.25. The van der Waals surface area contributed by atoms with E-state index in [4.69, 9.17) is 9.47 Å². The summed E-state index contributed by atoms with van der Waals surface area (Å²) in [6.07, 6.45) is 4.48. The molecule has 0 aliphatic carbocycles. The highest BCUT2D eigenvalue weighted by Crippen LogP contribution is 2.29. The van der Waals surface area contributed by atoms with E-state index in [0.29, 0.717) is 28.7 Å². The molecule has 2 aromatic carbocycles. The highest BCUT2D eigenvalue weighted by atomic mass is 16.6. The van der Waals surface area contributed by atoms with E-state index in [2.05, 4.69) is 20.3 Å². The average Bonchev–Trinajstić information content (AvgIpc) is 2.86. The zero-order chi connectivity index (χ0) is 22.8. The number of anilines is 1. The number of carbonyl (C=O) groups is 1. The monoisotopic (exact) mass is 428 g/mol. The summed E-state index contributed by atoms with van der Waals surface area (Å²) in [5, 5.41) is 2.70. The normalized spacial score (nSPS) is 9.84. The van der Waals surface area contributed by atoms with Crippen molar-refractivity contribution < 1.29 is 14.3 Å². The fraction of sp³-hybridized carbons (Fsp3) is 0.120. The predicted molar refractivity (Wildman–Crippen MR) is 125 cm³/mol. The van der Waals surface area contributed by atoms with Crippen molar-refractivity contribution in [3.63, 3.8) is 0 Å². The molecule has 0 saturated carbocycles. The molecule has 0 saturated heterocycles. The first-order chi connectivity index (χ1) is 15.7. The fourth-order valence-electron chi connectivity index (χ4n) is 2.82. The van der Waals surface area contributed by atoms with Crippen molar-refractivity contribution in [1.82, 2.24) is 15.0 Å². The third-order valence-corrected chi connectivity index (χ3v) is 4.27. The van der Waals surface area contributed by atoms with E-state index in [1.807, 2.05) is 44.2 Å². The third kappa shape index (κ3) is 5.66. The smallest absolute Gasteiger partial charge is 0.417 e. The number of hydrogen-bond donors (Lipinski definition) is 1. The van der Waals surface area contributed by atoms with Crippen molar-refractivity contribution in [2.45, 2.75) is 13.8 Å². The van der Waals surface area contributed by atoms with Gasteiger partial charge < -0.3 is 9.47 Å². The molecule has 0 atom stereocenters. The summed E-state index contributed by atoms with van der Waals surface area (Å²) in [5.41, 5.74) is 2.96. The molecule has 0 unspecified atom stereocenters. The van der Waals surface area contributed by atoms with Crippen molar-refractivity contribution in [3.05, 3.63) is 85.3 Å². The Bertz CT molecular complexity index is 1130. The summed E-state index contributed by atoms with van der Waals surface area (Å²) >= 11 is 0. The van der Waals surface area contributed by atoms with Crippen molar-refractivity contribution in [2.75, 3.05) is 12.4 Å². The first kappa shape index (κ1) is 22.4. The maximum Gasteiger partial charge on any atom is 0.417 e. The van der Waals surface area contributed by atoms with Gasteiger partial charge in [0.05, 0.1) is 13.3 Å². The van der Waals surface area contributed by atoms with Crippen LogP contribution in [0.2, 0.25) is 0 Å². The molecule has 32 heavy (non-hydrogen) atoms. The minimum Gasteiger partial charge on any atom is -0.493 e. The quantitative estimate of drug-likeness (QED) is 0.429. The first-order valence-electron chi connectivity index (χ1n) is 10.2. The molecule has 0 fully saturated rings. The number of hydrogen-bond acceptors (Lipinski definition) is 6. The molecular formula is C25H24N4O3. The molecular weight excluding hydrogens is 404 g/mol. The molecule has 1 amide bonds. The Kier molecular flexibility index (Phi) is 7.86. The van der Waals surface area contributed by atoms with Gasteiger partial charge >= 0.3 is 6.09 Å². The standard InChI is InChI=1S/C23H18N4O3.C2H6/c1-29-20-15-25-22(27-21(20)16-11-13-24-14-12-16)17-7-9-18(10-8-17)26-23(28)30-19-5-3-2-4-6-19;1-2/h2-15H,1H3,(H,26,28);1-2H3. The van der Waals surface area contributed by atoms with Crippen LogP contribution < -0.4 is 14.8 Å². The van der Waals surface area contributed by atoms with Crippen LogP contribution in [-0.2, 0) is 0 Å². The second-order valence-corrected chi connectivity index (χ2v) is 6.25. The molecule has 0 aliphatic rings. The molecule has 2 aromatic heterocycles. The fourth-order valence-corrected chi connectivity index (χ4v) is 2.82. The van der Waals surface area contributed by atoms with Gasteiger partial charge in [-0.15, -0.1) is 0 Å². The van der Waals surface area contributed by atoms with E-state index < -0.39 is 6.09 Å². The molecule has 0 spiro atoms. The Labute approximate surface area is 187 Å². The highest BCUT2D eigenvalue weighted by Gasteiger charge is 2.12. The van der Waals surface area contributed by atoms with E-state index in [1.54, 1.807) is 62.1 Å². The van der Waals surface area contributed by atoms with E-state index in [0.717, 1.165) is 11.1 Å². The van der Waals surface area contributed by atoms with Crippen LogP contribution in [-0.4, -0.2) is 28.2 Å². The summed E-state index contributed by atoms with van der Waals surface area (Å²) in [6.45, 7) is 4.00. The van der Waals surface area contributed by atoms with Gasteiger partial charge in [-0.05, 0) is 48.5 Å². The van der Waals surface area contributed by atoms with E-state index in [-0.39, 0.29) is 0 Å². The topological polar surface area (TPSA) is 86.2 Å². The summed E-state index contributed by atoms with van der Waals surface area (Å²) in [4.78, 5) is 25.1. The van der Waals surface area contributed by atoms with Crippen LogP contribution in [0.3, 0.4) is 0 Å². The second kappa shape index (κ2) is 11.2. The Morgan fingerprint density at radius 2 is 1.56 bits per heavy atom. The molecule has 4 aromatic rings. The van der Waals surface area contributed by atoms with Crippen LogP contribution in [0.15, 0.2) is 85.3 Å². The lowest BCUT2D eigenvalue weighted by Crippen LogP contribution is -2.16. The molecule has 2 heterocycles. The van der Waals surface area contributed by atoms with Crippen LogP contribution in [0.4, 0.5) is 10.5 Å². The molecule has 0 bridgehead atoms. The van der Waals surface area contributed by atoms with Crippen LogP contribution in [0, 0.1) is 0 Å². The minimum atomic E-state index is -0.561. The third-order valence-electron chi connectivity index (χ3n) is 4.27. The maximum absolute atomic E-state index is 12.0. The Balaban J connectivity index is 0.00000141. The van der Waals surface area contributed by atoms with Gasteiger partial charge in [0.15, 0.2) is 11.6 Å². The number of para-hydroxylation sites is 1. The van der Waals surface area contributed by atoms with Crippen molar-refractivity contribution in [1.29, 1.82) is 0 Å². The number of carbonyl (C=O) groups excluding carboxylic acids is 1. The number of ether oxygens (including phenoxy) is 2. The molecule has 1 N–H and O–H groups in total. The summed E-state index contributed by atoms with van der Waals surface area (Å²) in [7, 11) is 1.58. The number of benzene rings is 2. The number of amides is 1. The van der Waals surface area contributed by atoms with Gasteiger partial charge in [-0.3, -0.25) is 10.3 Å². The van der Waals surface area contributed by atoms with Crippen LogP contribution in [0.25, 0.3) is 22.6 Å². The summed E-state index contributed by atoms with van der Waals surface area (Å²) in [6, 6.07) is 19.8. The molecule has 0 radical (unpaired) electrons. The van der Waals surface area contributed by atoms with Gasteiger partial charge in [0.2, 0.25) is 0 Å². The van der Waals surface area contributed by atoms with Gasteiger partial charge in [0.1, 0.15) is 11.4 Å². The van der Waals surface area contributed by atoms with Crippen molar-refractivity contribution >= 4 is 11.8 Å². The van der Waals surface area contributed by atoms with Gasteiger partial charge in [0.25, 0.3) is 0 Å². The lowest BCUT2D eigenvalue weighted by atomic mass is 10.1. The number of rotatable bonds is 5. The molecule has 162 valence electrons. The van der Waals surface area contributed by atoms with E-state index in [1.165, 1.54) is 0 Å². The summed E-state index contributed by atoms with van der Waals surface area (Å²) in [5.74, 6) is 1.59. The first-order valence-corrected chi connectivity index (χ1v) is 10.2. The average molecular weight is 428 g/mol. The molecule has 0 aliphatic heterocycles. The largest absolute Gasteiger partial charge is 0.493 e. The van der Waals surface area contributed by atoms with Gasteiger partial charge in [-0.2, -0.15) is 0 Å². The van der Waals surface area contributed by atoms with Crippen LogP contribution >= 0.6 is 0 Å². The number of nitrogens with one attached hydrogen (secondary N) is 1. The van der Waals surface area contributed by atoms with Crippen molar-refractivity contribution in [3.8, 4) is 34.1 Å². The lowest BCUT2D eigenvalue weighted by molar-refractivity contribution is 0.215. The Morgan fingerprint density at radius 1 is 0.875 bits per heavy atom. The zero-order valence-corrected chi connectivity index (χ0v) is 18.1. The zero-order valence-electron chi connectivity index (χ0n) is 18.1. The molecule has 7 heteroatoms. The van der Waals surface area contributed by atoms with Crippen LogP contribution in [0.1, 0.15) is 13.8 Å². The SMILES string of the molecule is CC.COc1cnc(-c2ccc(NC(=O)Oc3ccccc3)cc2)nc1-c1ccncc1. The highest BCUT2D eigenvalue weighted by molar-refractivity contribution is 5.86.